The molecule has 1 N–H and O–H groups in total. The van der Waals surface area contributed by atoms with Crippen molar-refractivity contribution in [3.05, 3.63) is 58.7 Å². The van der Waals surface area contributed by atoms with Crippen molar-refractivity contribution in [2.75, 3.05) is 7.11 Å². The van der Waals surface area contributed by atoms with Gasteiger partial charge in [0.05, 0.1) is 12.7 Å². The Hall–Kier alpha value is -3.42. The molecule has 134 valence electrons. The number of esters is 2. The van der Waals surface area contributed by atoms with Gasteiger partial charge in [0, 0.05) is 11.3 Å². The molecule has 8 heteroatoms. The summed E-state index contributed by atoms with van der Waals surface area (Å²) >= 11 is 0. The molecule has 8 nitrogen and oxygen atoms in total. The zero-order valence-electron chi connectivity index (χ0n) is 14.5. The lowest BCUT2D eigenvalue weighted by molar-refractivity contribution is 0.0431. The fourth-order valence-electron chi connectivity index (χ4n) is 2.57. The smallest absolute Gasteiger partial charge is 0.355 e. The SMILES string of the molecule is COC(=O)c1c(C)[nH]c(C(=O)OCc2nnc(-c3ccccc3)o2)c1C. The lowest BCUT2D eigenvalue weighted by atomic mass is 10.1. The van der Waals surface area contributed by atoms with E-state index in [2.05, 4.69) is 15.2 Å². The second-order valence-electron chi connectivity index (χ2n) is 5.56. The zero-order valence-corrected chi connectivity index (χ0v) is 14.5. The van der Waals surface area contributed by atoms with E-state index in [0.717, 1.165) is 5.56 Å². The minimum Gasteiger partial charge on any atom is -0.465 e. The minimum atomic E-state index is -0.625. The molecule has 0 spiro atoms. The highest BCUT2D eigenvalue weighted by atomic mass is 16.5. The molecule has 2 heterocycles. The van der Waals surface area contributed by atoms with Crippen molar-refractivity contribution in [1.29, 1.82) is 0 Å². The molecule has 0 fully saturated rings. The molecule has 1 aromatic carbocycles. The molecule has 0 aliphatic heterocycles. The molecule has 3 rings (SSSR count). The Bertz CT molecular complexity index is 943. The summed E-state index contributed by atoms with van der Waals surface area (Å²) in [6.45, 7) is 3.15. The number of methoxy groups -OCH3 is 1. The van der Waals surface area contributed by atoms with Gasteiger partial charge in [0.15, 0.2) is 6.61 Å². The first kappa shape index (κ1) is 17.4. The van der Waals surface area contributed by atoms with Crippen molar-refractivity contribution in [2.45, 2.75) is 20.5 Å². The van der Waals surface area contributed by atoms with Crippen LogP contribution in [-0.2, 0) is 16.1 Å². The molecule has 2 aromatic heterocycles. The first-order valence-corrected chi connectivity index (χ1v) is 7.83. The Balaban J connectivity index is 1.70. The van der Waals surface area contributed by atoms with Crippen LogP contribution in [0.25, 0.3) is 11.5 Å². The third-order valence-corrected chi connectivity index (χ3v) is 3.85. The molecule has 0 aliphatic rings. The molecule has 0 amide bonds. The maximum atomic E-state index is 12.3. The predicted octanol–water partition coefficient (Wildman–Crippen LogP) is 2.83. The van der Waals surface area contributed by atoms with E-state index in [1.54, 1.807) is 13.8 Å². The van der Waals surface area contributed by atoms with Crippen LogP contribution in [0.1, 0.15) is 38.0 Å². The van der Waals surface area contributed by atoms with Gasteiger partial charge in [-0.3, -0.25) is 0 Å². The van der Waals surface area contributed by atoms with Crippen molar-refractivity contribution in [1.82, 2.24) is 15.2 Å². The number of carbonyl (C=O) groups is 2. The third kappa shape index (κ3) is 3.34. The molecular formula is C18H17N3O5. The van der Waals surface area contributed by atoms with Crippen LogP contribution in [0.3, 0.4) is 0 Å². The normalized spacial score (nSPS) is 10.6. The standard InChI is InChI=1S/C18H17N3O5/c1-10-14(17(22)24-3)11(2)19-15(10)18(23)25-9-13-20-21-16(26-13)12-7-5-4-6-8-12/h4-8,19H,9H2,1-3H3. The lowest BCUT2D eigenvalue weighted by Crippen LogP contribution is -2.08. The summed E-state index contributed by atoms with van der Waals surface area (Å²) in [7, 11) is 1.28. The van der Waals surface area contributed by atoms with E-state index >= 15 is 0 Å². The summed E-state index contributed by atoms with van der Waals surface area (Å²) in [5, 5.41) is 7.80. The average molecular weight is 355 g/mol. The molecule has 0 unspecified atom stereocenters. The first-order chi connectivity index (χ1) is 12.5. The van der Waals surface area contributed by atoms with Crippen LogP contribution in [0.2, 0.25) is 0 Å². The molecule has 0 radical (unpaired) electrons. The molecule has 0 saturated heterocycles. The summed E-state index contributed by atoms with van der Waals surface area (Å²) in [5.74, 6) is -0.622. The monoisotopic (exact) mass is 355 g/mol. The molecule has 0 aliphatic carbocycles. The maximum Gasteiger partial charge on any atom is 0.355 e. The minimum absolute atomic E-state index is 0.173. The van der Waals surface area contributed by atoms with Gasteiger partial charge in [-0.05, 0) is 31.5 Å². The van der Waals surface area contributed by atoms with Gasteiger partial charge in [-0.25, -0.2) is 9.59 Å². The number of rotatable bonds is 5. The van der Waals surface area contributed by atoms with Crippen LogP contribution in [-0.4, -0.2) is 34.2 Å². The van der Waals surface area contributed by atoms with E-state index in [1.807, 2.05) is 30.3 Å². The van der Waals surface area contributed by atoms with Crippen molar-refractivity contribution in [3.63, 3.8) is 0 Å². The van der Waals surface area contributed by atoms with E-state index < -0.39 is 11.9 Å². The number of aryl methyl sites for hydroxylation is 1. The van der Waals surface area contributed by atoms with Crippen LogP contribution in [0.5, 0.6) is 0 Å². The Labute approximate surface area is 149 Å². The van der Waals surface area contributed by atoms with Gasteiger partial charge in [0.1, 0.15) is 5.69 Å². The number of hydrogen-bond donors (Lipinski definition) is 1. The second kappa shape index (κ2) is 7.22. The van der Waals surface area contributed by atoms with Crippen molar-refractivity contribution in [3.8, 4) is 11.5 Å². The van der Waals surface area contributed by atoms with E-state index in [4.69, 9.17) is 13.9 Å². The van der Waals surface area contributed by atoms with E-state index in [0.29, 0.717) is 22.7 Å². The maximum absolute atomic E-state index is 12.3. The molecule has 26 heavy (non-hydrogen) atoms. The Kier molecular flexibility index (Phi) is 4.83. The predicted molar refractivity (Wildman–Crippen MR) is 90.5 cm³/mol. The topological polar surface area (TPSA) is 107 Å². The van der Waals surface area contributed by atoms with Crippen LogP contribution in [0.4, 0.5) is 0 Å². The largest absolute Gasteiger partial charge is 0.465 e. The Morgan fingerprint density at radius 3 is 2.54 bits per heavy atom. The van der Waals surface area contributed by atoms with Gasteiger partial charge < -0.3 is 18.9 Å². The van der Waals surface area contributed by atoms with Gasteiger partial charge in [-0.2, -0.15) is 0 Å². The lowest BCUT2D eigenvalue weighted by Gasteiger charge is -2.02. The highest BCUT2D eigenvalue weighted by Crippen LogP contribution is 2.21. The first-order valence-electron chi connectivity index (χ1n) is 7.83. The number of carbonyl (C=O) groups excluding carboxylic acids is 2. The Morgan fingerprint density at radius 2 is 1.85 bits per heavy atom. The zero-order chi connectivity index (χ0) is 18.7. The molecule has 3 aromatic rings. The number of H-pyrrole nitrogens is 1. The number of aromatic amines is 1. The number of aromatic nitrogens is 3. The highest BCUT2D eigenvalue weighted by molar-refractivity contribution is 5.98. The molecule has 0 bridgehead atoms. The summed E-state index contributed by atoms with van der Waals surface area (Å²) in [6.07, 6.45) is 0. The van der Waals surface area contributed by atoms with Crippen LogP contribution >= 0.6 is 0 Å². The van der Waals surface area contributed by atoms with Crippen LogP contribution in [0, 0.1) is 13.8 Å². The highest BCUT2D eigenvalue weighted by Gasteiger charge is 2.23. The van der Waals surface area contributed by atoms with Gasteiger partial charge in [-0.1, -0.05) is 18.2 Å². The van der Waals surface area contributed by atoms with Gasteiger partial charge in [-0.15, -0.1) is 10.2 Å². The van der Waals surface area contributed by atoms with Crippen molar-refractivity contribution < 1.29 is 23.5 Å². The van der Waals surface area contributed by atoms with Crippen molar-refractivity contribution in [2.24, 2.45) is 0 Å². The fraction of sp³-hybridized carbons (Fsp3) is 0.222. The number of benzene rings is 1. The summed E-state index contributed by atoms with van der Waals surface area (Å²) in [5.41, 5.74) is 2.28. The quantitative estimate of drug-likeness (QED) is 0.701. The van der Waals surface area contributed by atoms with Crippen molar-refractivity contribution >= 4 is 11.9 Å². The molecule has 0 saturated carbocycles. The summed E-state index contributed by atoms with van der Waals surface area (Å²) in [6, 6.07) is 9.26. The van der Waals surface area contributed by atoms with Crippen LogP contribution in [0.15, 0.2) is 34.7 Å². The molecule has 0 atom stereocenters. The average Bonchev–Trinajstić information content (AvgIpc) is 3.24. The number of hydrogen-bond acceptors (Lipinski definition) is 7. The molecular weight excluding hydrogens is 338 g/mol. The Morgan fingerprint density at radius 1 is 1.12 bits per heavy atom. The number of nitrogens with one attached hydrogen (secondary N) is 1. The van der Waals surface area contributed by atoms with Gasteiger partial charge in [0.25, 0.3) is 5.89 Å². The number of ether oxygens (including phenoxy) is 2. The van der Waals surface area contributed by atoms with Gasteiger partial charge >= 0.3 is 11.9 Å². The third-order valence-electron chi connectivity index (χ3n) is 3.85. The summed E-state index contributed by atoms with van der Waals surface area (Å²) < 4.78 is 15.4. The van der Waals surface area contributed by atoms with Crippen LogP contribution < -0.4 is 0 Å². The second-order valence-corrected chi connectivity index (χ2v) is 5.56. The van der Waals surface area contributed by atoms with E-state index in [1.165, 1.54) is 7.11 Å². The number of nitrogens with zero attached hydrogens (tertiary/aromatic N) is 2. The summed E-state index contributed by atoms with van der Waals surface area (Å²) in [4.78, 5) is 26.9. The van der Waals surface area contributed by atoms with Gasteiger partial charge in [0.2, 0.25) is 5.89 Å². The van der Waals surface area contributed by atoms with E-state index in [9.17, 15) is 9.59 Å². The fourth-order valence-corrected chi connectivity index (χ4v) is 2.57. The van der Waals surface area contributed by atoms with E-state index in [-0.39, 0.29) is 18.2 Å².